The minimum Gasteiger partial charge on any atom is -0.456 e. The lowest BCUT2D eigenvalue weighted by atomic mass is 9.71. The number of carbonyl (C=O) groups excluding carboxylic acids is 1. The summed E-state index contributed by atoms with van der Waals surface area (Å²) < 4.78 is 137. The third kappa shape index (κ3) is 3.70. The van der Waals surface area contributed by atoms with E-state index in [1.54, 1.807) is 0 Å². The molecule has 2 rings (SSSR count). The summed E-state index contributed by atoms with van der Waals surface area (Å²) in [4.78, 5) is 11.6. The average molecular weight is 446 g/mol. The van der Waals surface area contributed by atoms with Crippen LogP contribution >= 0.6 is 0 Å². The Bertz CT molecular complexity index is 681. The van der Waals surface area contributed by atoms with Crippen molar-refractivity contribution in [3.05, 3.63) is 12.2 Å². The highest BCUT2D eigenvalue weighted by molar-refractivity contribution is 5.89. The van der Waals surface area contributed by atoms with Crippen LogP contribution in [-0.4, -0.2) is 46.5 Å². The highest BCUT2D eigenvalue weighted by atomic mass is 19.4. The topological polar surface area (TPSA) is 46.5 Å². The van der Waals surface area contributed by atoms with Crippen LogP contribution < -0.4 is 0 Å². The Morgan fingerprint density at radius 3 is 1.90 bits per heavy atom. The van der Waals surface area contributed by atoms with Crippen molar-refractivity contribution in [2.24, 2.45) is 11.8 Å². The van der Waals surface area contributed by atoms with Crippen LogP contribution in [-0.2, 0) is 9.53 Å². The van der Waals surface area contributed by atoms with Crippen LogP contribution in [0.1, 0.15) is 32.6 Å². The zero-order valence-electron chi connectivity index (χ0n) is 14.7. The first-order chi connectivity index (χ1) is 12.7. The molecule has 0 aliphatic heterocycles. The zero-order valence-corrected chi connectivity index (χ0v) is 14.7. The molecule has 4 atom stereocenters. The second kappa shape index (κ2) is 6.48. The Labute approximate surface area is 157 Å². The molecule has 0 aromatic rings. The van der Waals surface area contributed by atoms with Crippen LogP contribution in [0.3, 0.4) is 0 Å². The summed E-state index contributed by atoms with van der Waals surface area (Å²) in [7, 11) is 0. The first-order valence-electron chi connectivity index (χ1n) is 8.22. The Kier molecular flexibility index (Phi) is 5.31. The van der Waals surface area contributed by atoms with Crippen LogP contribution in [0.2, 0.25) is 0 Å². The van der Waals surface area contributed by atoms with E-state index in [2.05, 4.69) is 11.3 Å². The largest absolute Gasteiger partial charge is 0.456 e. The van der Waals surface area contributed by atoms with E-state index in [1.807, 2.05) is 0 Å². The number of alkyl halides is 10. The van der Waals surface area contributed by atoms with Gasteiger partial charge in [0.15, 0.2) is 5.67 Å². The fourth-order valence-electron chi connectivity index (χ4n) is 4.43. The summed E-state index contributed by atoms with van der Waals surface area (Å²) in [5.74, 6) is -5.22. The normalized spacial score (nSPS) is 33.5. The fraction of sp³-hybridized carbons (Fsp3) is 0.812. The smallest absolute Gasteiger partial charge is 0.429 e. The second-order valence-electron chi connectivity index (χ2n) is 7.80. The number of hydrogen-bond donors (Lipinski definition) is 1. The maximum Gasteiger partial charge on any atom is 0.429 e. The SMILES string of the molecule is C=C(C(=O)OC1(C)CC2CC(C1)C(F)(C(O)(C(F)(F)F)C(F)(F)F)C2)C(F)(F)F. The molecule has 1 N–H and O–H groups in total. The van der Waals surface area contributed by atoms with E-state index in [1.165, 1.54) is 0 Å². The fourth-order valence-corrected chi connectivity index (χ4v) is 4.43. The molecule has 0 radical (unpaired) electrons. The highest BCUT2D eigenvalue weighted by Crippen LogP contribution is 2.64. The number of hydrogen-bond acceptors (Lipinski definition) is 3. The van der Waals surface area contributed by atoms with Crippen LogP contribution in [0.25, 0.3) is 0 Å². The van der Waals surface area contributed by atoms with Crippen LogP contribution in [0, 0.1) is 11.8 Å². The predicted octanol–water partition coefficient (Wildman–Crippen LogP) is 4.79. The van der Waals surface area contributed by atoms with Crippen molar-refractivity contribution >= 4 is 5.97 Å². The molecule has 0 spiro atoms. The van der Waals surface area contributed by atoms with Gasteiger partial charge in [0.2, 0.25) is 0 Å². The molecule has 2 aliphatic carbocycles. The van der Waals surface area contributed by atoms with Gasteiger partial charge in [-0.25, -0.2) is 9.18 Å². The summed E-state index contributed by atoms with van der Waals surface area (Å²) in [5.41, 5.74) is -13.8. The molecule has 2 fully saturated rings. The standard InChI is InChI=1S/C16H16F10O3/c1-7(13(18,19)20)10(27)29-11(2)4-8-3-9(6-11)12(17,5-8)14(28,15(21,22)23)16(24,25)26/h8-9,28H,1,3-6H2,2H3. The molecule has 2 saturated carbocycles. The van der Waals surface area contributed by atoms with Gasteiger partial charge in [-0.15, -0.1) is 0 Å². The van der Waals surface area contributed by atoms with E-state index < -0.39 is 84.5 Å². The molecule has 0 amide bonds. The number of halogens is 10. The van der Waals surface area contributed by atoms with Gasteiger partial charge >= 0.3 is 24.5 Å². The lowest BCUT2D eigenvalue weighted by Gasteiger charge is -2.45. The van der Waals surface area contributed by atoms with Gasteiger partial charge in [0, 0.05) is 5.92 Å². The lowest BCUT2D eigenvalue weighted by Crippen LogP contribution is -2.70. The molecule has 0 aromatic carbocycles. The predicted molar refractivity (Wildman–Crippen MR) is 76.0 cm³/mol. The van der Waals surface area contributed by atoms with Crippen molar-refractivity contribution in [3.8, 4) is 0 Å². The number of ether oxygens (including phenoxy) is 1. The minimum absolute atomic E-state index is 0.474. The van der Waals surface area contributed by atoms with Crippen LogP contribution in [0.4, 0.5) is 43.9 Å². The molecule has 29 heavy (non-hydrogen) atoms. The number of carbonyl (C=O) groups is 1. The maximum atomic E-state index is 15.3. The molecule has 2 aliphatic rings. The summed E-state index contributed by atoms with van der Waals surface area (Å²) in [6.45, 7) is 3.48. The van der Waals surface area contributed by atoms with Crippen molar-refractivity contribution in [3.63, 3.8) is 0 Å². The lowest BCUT2D eigenvalue weighted by molar-refractivity contribution is -0.407. The quantitative estimate of drug-likeness (QED) is 0.385. The number of fused-ring (bicyclic) bond motifs is 2. The molecule has 168 valence electrons. The van der Waals surface area contributed by atoms with Gasteiger partial charge in [-0.3, -0.25) is 0 Å². The van der Waals surface area contributed by atoms with Gasteiger partial charge in [-0.1, -0.05) is 6.58 Å². The second-order valence-corrected chi connectivity index (χ2v) is 7.80. The highest BCUT2D eigenvalue weighted by Gasteiger charge is 2.83. The van der Waals surface area contributed by atoms with E-state index in [0.29, 0.717) is 0 Å². The summed E-state index contributed by atoms with van der Waals surface area (Å²) in [6.07, 6.45) is -21.2. The van der Waals surface area contributed by atoms with E-state index in [0.717, 1.165) is 6.92 Å². The molecule has 3 nitrogen and oxygen atoms in total. The Balaban J connectivity index is 2.36. The summed E-state index contributed by atoms with van der Waals surface area (Å²) >= 11 is 0. The Morgan fingerprint density at radius 1 is 1.00 bits per heavy atom. The van der Waals surface area contributed by atoms with Crippen LogP contribution in [0.5, 0.6) is 0 Å². The molecular weight excluding hydrogens is 430 g/mol. The average Bonchev–Trinajstić information content (AvgIpc) is 2.72. The molecule has 0 aromatic heterocycles. The van der Waals surface area contributed by atoms with Gasteiger partial charge in [-0.2, -0.15) is 39.5 Å². The summed E-state index contributed by atoms with van der Waals surface area (Å²) in [6, 6.07) is 0. The molecule has 0 saturated heterocycles. The first kappa shape index (κ1) is 23.7. The van der Waals surface area contributed by atoms with Crippen LogP contribution in [0.15, 0.2) is 12.2 Å². The van der Waals surface area contributed by atoms with E-state index in [9.17, 15) is 49.4 Å². The zero-order chi connectivity index (χ0) is 22.8. The van der Waals surface area contributed by atoms with Crippen molar-refractivity contribution in [2.75, 3.05) is 0 Å². The Hall–Kier alpha value is -1.53. The van der Waals surface area contributed by atoms with Gasteiger partial charge in [0.25, 0.3) is 5.60 Å². The number of rotatable bonds is 3. The van der Waals surface area contributed by atoms with Crippen molar-refractivity contribution in [2.45, 2.75) is 68.0 Å². The first-order valence-corrected chi connectivity index (χ1v) is 8.22. The minimum atomic E-state index is -6.41. The van der Waals surface area contributed by atoms with Gasteiger partial charge in [0.1, 0.15) is 11.2 Å². The van der Waals surface area contributed by atoms with E-state index in [-0.39, 0.29) is 0 Å². The molecule has 4 unspecified atom stereocenters. The van der Waals surface area contributed by atoms with E-state index in [4.69, 9.17) is 0 Å². The van der Waals surface area contributed by atoms with E-state index >= 15 is 4.39 Å². The van der Waals surface area contributed by atoms with Gasteiger partial charge in [-0.05, 0) is 38.5 Å². The molecule has 0 heterocycles. The maximum absolute atomic E-state index is 15.3. The summed E-state index contributed by atoms with van der Waals surface area (Å²) in [5, 5.41) is 9.54. The van der Waals surface area contributed by atoms with Crippen molar-refractivity contribution in [1.82, 2.24) is 0 Å². The third-order valence-corrected chi connectivity index (χ3v) is 5.60. The van der Waals surface area contributed by atoms with Gasteiger partial charge < -0.3 is 9.84 Å². The Morgan fingerprint density at radius 2 is 1.48 bits per heavy atom. The van der Waals surface area contributed by atoms with Crippen molar-refractivity contribution < 1.29 is 58.5 Å². The molecule has 2 bridgehead atoms. The number of esters is 1. The number of aliphatic hydroxyl groups is 1. The van der Waals surface area contributed by atoms with Gasteiger partial charge in [0.05, 0.1) is 0 Å². The van der Waals surface area contributed by atoms with Crippen molar-refractivity contribution in [1.29, 1.82) is 0 Å². The molecular formula is C16H16F10O3. The molecule has 13 heteroatoms. The third-order valence-electron chi connectivity index (χ3n) is 5.60. The monoisotopic (exact) mass is 446 g/mol.